The van der Waals surface area contributed by atoms with Gasteiger partial charge in [-0.1, -0.05) is 0 Å². The number of pyridine rings is 1. The van der Waals surface area contributed by atoms with Crippen molar-refractivity contribution >= 4 is 16.1 Å². The smallest absolute Gasteiger partial charge is 0.433 e. The first kappa shape index (κ1) is 21.8. The van der Waals surface area contributed by atoms with Gasteiger partial charge in [-0.3, -0.25) is 0 Å². The molecule has 0 radical (unpaired) electrons. The average molecular weight is 435 g/mol. The van der Waals surface area contributed by atoms with E-state index < -0.39 is 33.6 Å². The molecule has 0 unspecified atom stereocenters. The molecule has 1 saturated heterocycles. The number of piperazine rings is 1. The van der Waals surface area contributed by atoms with Gasteiger partial charge < -0.3 is 9.64 Å². The van der Waals surface area contributed by atoms with E-state index in [1.54, 1.807) is 20.8 Å². The Morgan fingerprint density at radius 3 is 2.17 bits per heavy atom. The molecule has 0 spiro atoms. The van der Waals surface area contributed by atoms with Crippen LogP contribution in [0.3, 0.4) is 0 Å². The molecule has 162 valence electrons. The van der Waals surface area contributed by atoms with Gasteiger partial charge in [0.1, 0.15) is 16.2 Å². The number of halogens is 3. The van der Waals surface area contributed by atoms with Gasteiger partial charge in [0, 0.05) is 32.1 Å². The fourth-order valence-electron chi connectivity index (χ4n) is 3.06. The molecule has 1 aliphatic heterocycles. The molecule has 1 aromatic rings. The molecule has 1 aliphatic carbocycles. The van der Waals surface area contributed by atoms with Crippen molar-refractivity contribution in [3.63, 3.8) is 0 Å². The van der Waals surface area contributed by atoms with Gasteiger partial charge in [0.15, 0.2) is 0 Å². The first-order valence-electron chi connectivity index (χ1n) is 9.35. The second kappa shape index (κ2) is 7.42. The van der Waals surface area contributed by atoms with Gasteiger partial charge in [-0.2, -0.15) is 17.5 Å². The highest BCUT2D eigenvalue weighted by Crippen LogP contribution is 2.43. The van der Waals surface area contributed by atoms with E-state index in [0.29, 0.717) is 18.9 Å². The van der Waals surface area contributed by atoms with Crippen molar-refractivity contribution in [2.24, 2.45) is 0 Å². The third-order valence-corrected chi connectivity index (χ3v) is 6.59. The first-order valence-corrected chi connectivity index (χ1v) is 10.8. The van der Waals surface area contributed by atoms with Crippen LogP contribution in [-0.4, -0.2) is 60.5 Å². The Morgan fingerprint density at radius 1 is 1.10 bits per heavy atom. The lowest BCUT2D eigenvalue weighted by Gasteiger charge is -2.35. The lowest BCUT2D eigenvalue weighted by Crippen LogP contribution is -2.51. The maximum absolute atomic E-state index is 13.1. The number of alkyl halides is 3. The van der Waals surface area contributed by atoms with Gasteiger partial charge >= 0.3 is 12.3 Å². The van der Waals surface area contributed by atoms with Crippen molar-refractivity contribution in [1.82, 2.24) is 14.2 Å². The number of carbonyl (C=O) groups excluding carboxylic acids is 1. The summed E-state index contributed by atoms with van der Waals surface area (Å²) < 4.78 is 71.6. The monoisotopic (exact) mass is 435 g/mol. The Kier molecular flexibility index (Phi) is 5.59. The van der Waals surface area contributed by atoms with Crippen LogP contribution in [0.5, 0.6) is 0 Å². The zero-order valence-electron chi connectivity index (χ0n) is 16.5. The number of nitrogens with zero attached hydrogens (tertiary/aromatic N) is 3. The fraction of sp³-hybridized carbons (Fsp3) is 0.667. The molecule has 1 aromatic heterocycles. The SMILES string of the molecule is CC(C)(C)OC(=O)N1CCN(S(=O)(=O)c2ccc(C(F)(F)F)nc2C2CC2)CC1. The normalized spacial score (nSPS) is 19.3. The zero-order chi connectivity index (χ0) is 21.6. The van der Waals surface area contributed by atoms with Gasteiger partial charge in [-0.05, 0) is 45.7 Å². The van der Waals surface area contributed by atoms with E-state index in [0.717, 1.165) is 6.07 Å². The van der Waals surface area contributed by atoms with Crippen LogP contribution in [0.2, 0.25) is 0 Å². The van der Waals surface area contributed by atoms with Crippen molar-refractivity contribution < 1.29 is 31.1 Å². The van der Waals surface area contributed by atoms with E-state index >= 15 is 0 Å². The predicted octanol–water partition coefficient (Wildman–Crippen LogP) is 3.22. The van der Waals surface area contributed by atoms with Gasteiger partial charge in [-0.15, -0.1) is 0 Å². The number of carbonyl (C=O) groups is 1. The van der Waals surface area contributed by atoms with E-state index in [2.05, 4.69) is 4.98 Å². The molecule has 0 atom stereocenters. The van der Waals surface area contributed by atoms with Crippen molar-refractivity contribution in [2.75, 3.05) is 26.2 Å². The van der Waals surface area contributed by atoms with Crippen LogP contribution in [0.25, 0.3) is 0 Å². The van der Waals surface area contributed by atoms with Gasteiger partial charge in [0.25, 0.3) is 0 Å². The fourth-order valence-corrected chi connectivity index (χ4v) is 4.70. The molecule has 0 aromatic carbocycles. The summed E-state index contributed by atoms with van der Waals surface area (Å²) in [6, 6.07) is 1.70. The molecule has 0 bridgehead atoms. The van der Waals surface area contributed by atoms with Crippen molar-refractivity contribution in [2.45, 2.75) is 56.2 Å². The molecular weight excluding hydrogens is 411 g/mol. The number of amides is 1. The summed E-state index contributed by atoms with van der Waals surface area (Å²) >= 11 is 0. The Bertz CT molecular complexity index is 885. The second-order valence-electron chi connectivity index (χ2n) is 8.22. The van der Waals surface area contributed by atoms with Crippen LogP contribution in [0, 0.1) is 0 Å². The number of aromatic nitrogens is 1. The highest BCUT2D eigenvalue weighted by molar-refractivity contribution is 7.89. The lowest BCUT2D eigenvalue weighted by atomic mass is 10.2. The van der Waals surface area contributed by atoms with E-state index in [9.17, 15) is 26.4 Å². The third-order valence-electron chi connectivity index (χ3n) is 4.65. The summed E-state index contributed by atoms with van der Waals surface area (Å²) in [4.78, 5) is 17.0. The van der Waals surface area contributed by atoms with Crippen LogP contribution in [0.1, 0.15) is 50.9 Å². The highest BCUT2D eigenvalue weighted by atomic mass is 32.2. The molecule has 2 fully saturated rings. The second-order valence-corrected chi connectivity index (χ2v) is 10.1. The topological polar surface area (TPSA) is 79.8 Å². The van der Waals surface area contributed by atoms with E-state index in [4.69, 9.17) is 4.74 Å². The van der Waals surface area contributed by atoms with Gasteiger partial charge in [-0.25, -0.2) is 18.2 Å². The quantitative estimate of drug-likeness (QED) is 0.728. The number of hydrogen-bond donors (Lipinski definition) is 0. The van der Waals surface area contributed by atoms with E-state index in [1.165, 1.54) is 9.21 Å². The number of ether oxygens (including phenoxy) is 1. The summed E-state index contributed by atoms with van der Waals surface area (Å²) in [6.45, 7) is 5.56. The van der Waals surface area contributed by atoms with Crippen LogP contribution >= 0.6 is 0 Å². The summed E-state index contributed by atoms with van der Waals surface area (Å²) in [5, 5.41) is 0. The summed E-state index contributed by atoms with van der Waals surface area (Å²) in [7, 11) is -4.02. The van der Waals surface area contributed by atoms with Crippen molar-refractivity contribution in [3.05, 3.63) is 23.5 Å². The maximum atomic E-state index is 13.1. The molecule has 1 saturated carbocycles. The number of sulfonamides is 1. The zero-order valence-corrected chi connectivity index (χ0v) is 17.3. The molecule has 2 aliphatic rings. The average Bonchev–Trinajstić information content (AvgIpc) is 3.44. The molecule has 0 N–H and O–H groups in total. The van der Waals surface area contributed by atoms with Gasteiger partial charge in [0.05, 0.1) is 5.69 Å². The Labute approximate surface area is 167 Å². The Balaban J connectivity index is 1.78. The van der Waals surface area contributed by atoms with Crippen LogP contribution in [0.15, 0.2) is 17.0 Å². The molecule has 3 rings (SSSR count). The molecule has 2 heterocycles. The maximum Gasteiger partial charge on any atom is 0.433 e. The minimum absolute atomic E-state index is 0.0191. The molecule has 7 nitrogen and oxygen atoms in total. The summed E-state index contributed by atoms with van der Waals surface area (Å²) in [5.41, 5.74) is -1.77. The number of rotatable bonds is 3. The van der Waals surface area contributed by atoms with Crippen molar-refractivity contribution in [3.8, 4) is 0 Å². The molecule has 11 heteroatoms. The highest BCUT2D eigenvalue weighted by Gasteiger charge is 2.40. The Morgan fingerprint density at radius 2 is 1.69 bits per heavy atom. The van der Waals surface area contributed by atoms with Crippen LogP contribution in [0.4, 0.5) is 18.0 Å². The third kappa shape index (κ3) is 5.00. The minimum atomic E-state index is -4.63. The minimum Gasteiger partial charge on any atom is -0.444 e. The molecule has 29 heavy (non-hydrogen) atoms. The van der Waals surface area contributed by atoms with Crippen LogP contribution in [-0.2, 0) is 20.9 Å². The van der Waals surface area contributed by atoms with Crippen molar-refractivity contribution in [1.29, 1.82) is 0 Å². The number of hydrogen-bond acceptors (Lipinski definition) is 5. The predicted molar refractivity (Wildman–Crippen MR) is 97.8 cm³/mol. The molecular formula is C18H24F3N3O4S. The summed E-state index contributed by atoms with van der Waals surface area (Å²) in [6.07, 6.45) is -3.93. The van der Waals surface area contributed by atoms with Gasteiger partial charge in [0.2, 0.25) is 10.0 Å². The standard InChI is InChI=1S/C18H24F3N3O4S/c1-17(2,3)28-16(25)23-8-10-24(11-9-23)29(26,27)13-6-7-14(18(19,20)21)22-15(13)12-4-5-12/h6-7,12H,4-5,8-11H2,1-3H3. The molecule has 1 amide bonds. The van der Waals surface area contributed by atoms with E-state index in [1.807, 2.05) is 0 Å². The lowest BCUT2D eigenvalue weighted by molar-refractivity contribution is -0.141. The largest absolute Gasteiger partial charge is 0.444 e. The first-order chi connectivity index (χ1) is 13.3. The Hall–Kier alpha value is -1.88. The van der Waals surface area contributed by atoms with E-state index in [-0.39, 0.29) is 42.7 Å². The summed E-state index contributed by atoms with van der Waals surface area (Å²) in [5.74, 6) is -0.273. The van der Waals surface area contributed by atoms with Crippen LogP contribution < -0.4 is 0 Å².